The minimum atomic E-state index is -0.969. The van der Waals surface area contributed by atoms with Crippen LogP contribution in [0.5, 0.6) is 0 Å². The summed E-state index contributed by atoms with van der Waals surface area (Å²) in [5, 5.41) is 17.9. The molecule has 0 aliphatic heterocycles. The Kier molecular flexibility index (Phi) is 5.36. The summed E-state index contributed by atoms with van der Waals surface area (Å²) >= 11 is 0. The molecule has 104 valence electrons. The summed E-state index contributed by atoms with van der Waals surface area (Å²) in [6.45, 7) is 3.54. The van der Waals surface area contributed by atoms with Gasteiger partial charge in [-0.3, -0.25) is 9.59 Å². The minimum Gasteiger partial charge on any atom is -0.481 e. The van der Waals surface area contributed by atoms with E-state index in [1.165, 1.54) is 0 Å². The standard InChI is InChI=1S/C14H19NO4/c1-3-11-6-4-5-7-12(11)15(9-13(16)17)8-10(2)14(18)19/h4-7,10H,3,8-9H2,1-2H3,(H,16,17)(H,18,19). The van der Waals surface area contributed by atoms with Gasteiger partial charge < -0.3 is 15.1 Å². The molecule has 0 saturated carbocycles. The largest absolute Gasteiger partial charge is 0.481 e. The van der Waals surface area contributed by atoms with Crippen LogP contribution in [0.2, 0.25) is 0 Å². The number of para-hydroxylation sites is 1. The maximum atomic E-state index is 10.9. The van der Waals surface area contributed by atoms with Crippen molar-refractivity contribution in [2.45, 2.75) is 20.3 Å². The molecule has 19 heavy (non-hydrogen) atoms. The van der Waals surface area contributed by atoms with Gasteiger partial charge in [-0.2, -0.15) is 0 Å². The van der Waals surface area contributed by atoms with Crippen LogP contribution in [0.15, 0.2) is 24.3 Å². The lowest BCUT2D eigenvalue weighted by molar-refractivity contribution is -0.141. The van der Waals surface area contributed by atoms with Crippen molar-refractivity contribution < 1.29 is 19.8 Å². The van der Waals surface area contributed by atoms with E-state index in [1.807, 2.05) is 31.2 Å². The van der Waals surface area contributed by atoms with Crippen molar-refractivity contribution in [2.24, 2.45) is 5.92 Å². The predicted molar refractivity (Wildman–Crippen MR) is 72.5 cm³/mol. The van der Waals surface area contributed by atoms with Crippen molar-refractivity contribution in [1.29, 1.82) is 0 Å². The average molecular weight is 265 g/mol. The third kappa shape index (κ3) is 4.28. The van der Waals surface area contributed by atoms with Crippen molar-refractivity contribution in [3.63, 3.8) is 0 Å². The van der Waals surface area contributed by atoms with Gasteiger partial charge in [-0.15, -0.1) is 0 Å². The number of nitrogens with zero attached hydrogens (tertiary/aromatic N) is 1. The predicted octanol–water partition coefficient (Wildman–Crippen LogP) is 1.86. The van der Waals surface area contributed by atoms with E-state index in [9.17, 15) is 9.59 Å². The first-order valence-electron chi connectivity index (χ1n) is 6.23. The second-order valence-corrected chi connectivity index (χ2v) is 4.50. The molecule has 5 nitrogen and oxygen atoms in total. The zero-order chi connectivity index (χ0) is 14.4. The Balaban J connectivity index is 3.01. The average Bonchev–Trinajstić information content (AvgIpc) is 2.37. The number of carbonyl (C=O) groups is 2. The molecular weight excluding hydrogens is 246 g/mol. The molecule has 0 amide bonds. The molecule has 1 aromatic carbocycles. The lowest BCUT2D eigenvalue weighted by Crippen LogP contribution is -2.36. The summed E-state index contributed by atoms with van der Waals surface area (Å²) in [4.78, 5) is 23.5. The van der Waals surface area contributed by atoms with Gasteiger partial charge in [-0.25, -0.2) is 0 Å². The van der Waals surface area contributed by atoms with Crippen LogP contribution in [0.3, 0.4) is 0 Å². The lowest BCUT2D eigenvalue weighted by atomic mass is 10.1. The Morgan fingerprint density at radius 3 is 2.42 bits per heavy atom. The Morgan fingerprint density at radius 1 is 1.26 bits per heavy atom. The molecule has 0 fully saturated rings. The van der Waals surface area contributed by atoms with E-state index < -0.39 is 17.9 Å². The molecular formula is C14H19NO4. The van der Waals surface area contributed by atoms with E-state index in [1.54, 1.807) is 11.8 Å². The molecule has 0 aromatic heterocycles. The summed E-state index contributed by atoms with van der Waals surface area (Å²) in [5.41, 5.74) is 1.81. The number of anilines is 1. The maximum Gasteiger partial charge on any atom is 0.323 e. The highest BCUT2D eigenvalue weighted by atomic mass is 16.4. The number of aliphatic carboxylic acids is 2. The minimum absolute atomic E-state index is 0.179. The van der Waals surface area contributed by atoms with Crippen molar-refractivity contribution in [3.8, 4) is 0 Å². The summed E-state index contributed by atoms with van der Waals surface area (Å²) in [6, 6.07) is 7.47. The molecule has 0 heterocycles. The Labute approximate surface area is 112 Å². The van der Waals surface area contributed by atoms with Crippen LogP contribution in [0, 0.1) is 5.92 Å². The van der Waals surface area contributed by atoms with Gasteiger partial charge in [0.15, 0.2) is 0 Å². The van der Waals surface area contributed by atoms with Gasteiger partial charge in [0.2, 0.25) is 0 Å². The SMILES string of the molecule is CCc1ccccc1N(CC(=O)O)CC(C)C(=O)O. The second kappa shape index (κ2) is 6.78. The van der Waals surface area contributed by atoms with E-state index in [0.29, 0.717) is 0 Å². The van der Waals surface area contributed by atoms with Crippen LogP contribution in [-0.4, -0.2) is 35.2 Å². The van der Waals surface area contributed by atoms with Crippen LogP contribution < -0.4 is 4.90 Å². The number of benzene rings is 1. The van der Waals surface area contributed by atoms with Gasteiger partial charge in [0.1, 0.15) is 6.54 Å². The molecule has 1 rings (SSSR count). The molecule has 5 heteroatoms. The maximum absolute atomic E-state index is 10.9. The van der Waals surface area contributed by atoms with Gasteiger partial charge in [-0.1, -0.05) is 32.0 Å². The van der Waals surface area contributed by atoms with Gasteiger partial charge in [0, 0.05) is 12.2 Å². The zero-order valence-corrected chi connectivity index (χ0v) is 11.2. The molecule has 0 aliphatic carbocycles. The number of carboxylic acids is 2. The normalized spacial score (nSPS) is 11.9. The van der Waals surface area contributed by atoms with Gasteiger partial charge in [0.05, 0.1) is 5.92 Å². The first-order chi connectivity index (χ1) is 8.95. The summed E-state index contributed by atoms with van der Waals surface area (Å²) in [5.74, 6) is -2.52. The highest BCUT2D eigenvalue weighted by Gasteiger charge is 2.20. The van der Waals surface area contributed by atoms with Crippen molar-refractivity contribution in [3.05, 3.63) is 29.8 Å². The number of hydrogen-bond donors (Lipinski definition) is 2. The highest BCUT2D eigenvalue weighted by Crippen LogP contribution is 2.22. The van der Waals surface area contributed by atoms with E-state index >= 15 is 0 Å². The Morgan fingerprint density at radius 2 is 1.89 bits per heavy atom. The molecule has 0 spiro atoms. The van der Waals surface area contributed by atoms with Gasteiger partial charge in [0.25, 0.3) is 0 Å². The van der Waals surface area contributed by atoms with Crippen LogP contribution in [0.1, 0.15) is 19.4 Å². The van der Waals surface area contributed by atoms with Crippen molar-refractivity contribution >= 4 is 17.6 Å². The second-order valence-electron chi connectivity index (χ2n) is 4.50. The first kappa shape index (κ1) is 15.0. The fourth-order valence-corrected chi connectivity index (χ4v) is 1.94. The molecule has 0 aliphatic rings. The molecule has 1 unspecified atom stereocenters. The topological polar surface area (TPSA) is 77.8 Å². The molecule has 1 aromatic rings. The third-order valence-electron chi connectivity index (χ3n) is 2.96. The molecule has 0 bridgehead atoms. The van der Waals surface area contributed by atoms with Crippen LogP contribution in [0.25, 0.3) is 0 Å². The number of carboxylic acid groups (broad SMARTS) is 2. The Hall–Kier alpha value is -2.04. The van der Waals surface area contributed by atoms with Crippen LogP contribution in [-0.2, 0) is 16.0 Å². The third-order valence-corrected chi connectivity index (χ3v) is 2.96. The van der Waals surface area contributed by atoms with Gasteiger partial charge >= 0.3 is 11.9 Å². The van der Waals surface area contributed by atoms with E-state index in [-0.39, 0.29) is 13.1 Å². The number of rotatable bonds is 7. The fourth-order valence-electron chi connectivity index (χ4n) is 1.94. The molecule has 0 radical (unpaired) electrons. The van der Waals surface area contributed by atoms with E-state index in [4.69, 9.17) is 10.2 Å². The molecule has 2 N–H and O–H groups in total. The van der Waals surface area contributed by atoms with Crippen LogP contribution >= 0.6 is 0 Å². The van der Waals surface area contributed by atoms with Crippen LogP contribution in [0.4, 0.5) is 5.69 Å². The van der Waals surface area contributed by atoms with Crippen molar-refractivity contribution in [2.75, 3.05) is 18.0 Å². The van der Waals surface area contributed by atoms with Crippen molar-refractivity contribution in [1.82, 2.24) is 0 Å². The number of aryl methyl sites for hydroxylation is 1. The summed E-state index contributed by atoms with van der Waals surface area (Å²) in [7, 11) is 0. The van der Waals surface area contributed by atoms with E-state index in [0.717, 1.165) is 17.7 Å². The quantitative estimate of drug-likeness (QED) is 0.786. The monoisotopic (exact) mass is 265 g/mol. The Bertz CT molecular complexity index is 459. The van der Waals surface area contributed by atoms with E-state index in [2.05, 4.69) is 0 Å². The molecule has 0 saturated heterocycles. The highest BCUT2D eigenvalue weighted by molar-refractivity contribution is 5.76. The summed E-state index contributed by atoms with van der Waals surface area (Å²) < 4.78 is 0. The smallest absolute Gasteiger partial charge is 0.323 e. The van der Waals surface area contributed by atoms with Gasteiger partial charge in [-0.05, 0) is 18.1 Å². The summed E-state index contributed by atoms with van der Waals surface area (Å²) in [6.07, 6.45) is 0.772. The number of hydrogen-bond acceptors (Lipinski definition) is 3. The lowest BCUT2D eigenvalue weighted by Gasteiger charge is -2.26. The fraction of sp³-hybridized carbons (Fsp3) is 0.429. The zero-order valence-electron chi connectivity index (χ0n) is 11.2. The molecule has 1 atom stereocenters. The first-order valence-corrected chi connectivity index (χ1v) is 6.23.